The fraction of sp³-hybridized carbons (Fsp3) is 0.353. The van der Waals surface area contributed by atoms with Crippen molar-refractivity contribution in [1.29, 1.82) is 0 Å². The number of benzene rings is 1. The fourth-order valence-electron chi connectivity index (χ4n) is 2.11. The first-order valence-electron chi connectivity index (χ1n) is 7.34. The van der Waals surface area contributed by atoms with Gasteiger partial charge in [-0.1, -0.05) is 49.4 Å². The summed E-state index contributed by atoms with van der Waals surface area (Å²) in [5, 5.41) is 8.14. The van der Waals surface area contributed by atoms with E-state index in [0.717, 1.165) is 9.26 Å². The summed E-state index contributed by atoms with van der Waals surface area (Å²) in [4.78, 5) is 12.0. The number of hydrogen-bond acceptors (Lipinski definition) is 3. The molecule has 0 saturated carbocycles. The Morgan fingerprint density at radius 2 is 2.05 bits per heavy atom. The summed E-state index contributed by atoms with van der Waals surface area (Å²) in [6.07, 6.45) is 2.84. The number of halogens is 1. The van der Waals surface area contributed by atoms with Crippen molar-refractivity contribution in [2.24, 2.45) is 0 Å². The van der Waals surface area contributed by atoms with Crippen LogP contribution in [0.4, 0.5) is 0 Å². The summed E-state index contributed by atoms with van der Waals surface area (Å²) in [6, 6.07) is 8.48. The molecule has 0 aliphatic carbocycles. The molecule has 4 nitrogen and oxygen atoms in total. The van der Waals surface area contributed by atoms with Gasteiger partial charge in [0, 0.05) is 6.42 Å². The van der Waals surface area contributed by atoms with Crippen molar-refractivity contribution in [2.75, 3.05) is 0 Å². The van der Waals surface area contributed by atoms with Gasteiger partial charge in [-0.15, -0.1) is 11.7 Å². The van der Waals surface area contributed by atoms with Crippen LogP contribution in [0.15, 0.2) is 36.9 Å². The van der Waals surface area contributed by atoms with Crippen LogP contribution in [0.2, 0.25) is 0 Å². The molecule has 0 fully saturated rings. The van der Waals surface area contributed by atoms with E-state index in [-0.39, 0.29) is 5.78 Å². The number of carbonyl (C=O) groups is 1. The summed E-state index contributed by atoms with van der Waals surface area (Å²) < 4.78 is 2.56. The van der Waals surface area contributed by atoms with E-state index in [0.29, 0.717) is 31.0 Å². The van der Waals surface area contributed by atoms with Crippen molar-refractivity contribution in [3.8, 4) is 0 Å². The Hall–Kier alpha value is -1.50. The van der Waals surface area contributed by atoms with Crippen LogP contribution in [0.1, 0.15) is 54.2 Å². The molecule has 1 aromatic carbocycles. The predicted octanol–water partition coefficient (Wildman–Crippen LogP) is 4.20. The molecular weight excluding hydrogens is 389 g/mol. The molecule has 2 rings (SSSR count). The van der Waals surface area contributed by atoms with E-state index in [1.54, 1.807) is 10.8 Å². The smallest absolute Gasteiger partial charge is 0.186 e. The van der Waals surface area contributed by atoms with E-state index in [1.165, 1.54) is 5.56 Å². The molecular formula is C17H20IN3O. The van der Waals surface area contributed by atoms with Gasteiger partial charge in [-0.25, -0.2) is 4.68 Å². The Morgan fingerprint density at radius 3 is 2.64 bits per heavy atom. The molecule has 5 heteroatoms. The third-order valence-electron chi connectivity index (χ3n) is 3.49. The molecule has 1 heterocycles. The molecule has 0 aliphatic rings. The standard InChI is InChI=1S/C17H20IN3O/c1-4-5-6-15(22)16-17(18)21(20-19-16)11-13-7-9-14(10-8-13)12(2)3/h4,7-10,12H,1,5-6,11H2,2-3H3. The molecule has 0 spiro atoms. The molecule has 0 bridgehead atoms. The third-order valence-corrected chi connectivity index (χ3v) is 4.56. The van der Waals surface area contributed by atoms with E-state index in [4.69, 9.17) is 0 Å². The molecule has 0 N–H and O–H groups in total. The Morgan fingerprint density at radius 1 is 1.36 bits per heavy atom. The van der Waals surface area contributed by atoms with Crippen molar-refractivity contribution in [3.63, 3.8) is 0 Å². The van der Waals surface area contributed by atoms with Gasteiger partial charge in [-0.3, -0.25) is 4.79 Å². The summed E-state index contributed by atoms with van der Waals surface area (Å²) >= 11 is 2.14. The van der Waals surface area contributed by atoms with Crippen molar-refractivity contribution in [2.45, 2.75) is 39.2 Å². The van der Waals surface area contributed by atoms with Crippen molar-refractivity contribution in [3.05, 3.63) is 57.4 Å². The minimum absolute atomic E-state index is 0.0192. The molecule has 0 saturated heterocycles. The van der Waals surface area contributed by atoms with Crippen LogP contribution in [-0.4, -0.2) is 20.8 Å². The van der Waals surface area contributed by atoms with E-state index in [2.05, 4.69) is 77.6 Å². The zero-order chi connectivity index (χ0) is 16.1. The third kappa shape index (κ3) is 4.03. The highest BCUT2D eigenvalue weighted by molar-refractivity contribution is 14.1. The minimum Gasteiger partial charge on any atom is -0.292 e. The van der Waals surface area contributed by atoms with Gasteiger partial charge in [0.15, 0.2) is 11.5 Å². The summed E-state index contributed by atoms with van der Waals surface area (Å²) in [5.74, 6) is 0.542. The van der Waals surface area contributed by atoms with Crippen molar-refractivity contribution < 1.29 is 4.79 Å². The van der Waals surface area contributed by atoms with Gasteiger partial charge in [-0.2, -0.15) is 0 Å². The van der Waals surface area contributed by atoms with Gasteiger partial charge in [0.2, 0.25) is 0 Å². The van der Waals surface area contributed by atoms with Gasteiger partial charge in [0.05, 0.1) is 6.54 Å². The zero-order valence-electron chi connectivity index (χ0n) is 12.9. The number of nitrogens with zero attached hydrogens (tertiary/aromatic N) is 3. The van der Waals surface area contributed by atoms with E-state index < -0.39 is 0 Å². The number of rotatable bonds is 7. The number of ketones is 1. The summed E-state index contributed by atoms with van der Waals surface area (Å²) in [5.41, 5.74) is 2.93. The summed E-state index contributed by atoms with van der Waals surface area (Å²) in [7, 11) is 0. The second-order valence-corrected chi connectivity index (χ2v) is 6.56. The molecule has 0 atom stereocenters. The van der Waals surface area contributed by atoms with Crippen LogP contribution in [0.5, 0.6) is 0 Å². The Labute approximate surface area is 144 Å². The SMILES string of the molecule is C=CCCC(=O)c1nnn(Cc2ccc(C(C)C)cc2)c1I. The van der Waals surface area contributed by atoms with E-state index >= 15 is 0 Å². The number of hydrogen-bond donors (Lipinski definition) is 0. The Balaban J connectivity index is 2.12. The van der Waals surface area contributed by atoms with Crippen LogP contribution in [0.3, 0.4) is 0 Å². The van der Waals surface area contributed by atoms with E-state index in [1.807, 2.05) is 0 Å². The average Bonchev–Trinajstić information content (AvgIpc) is 2.86. The van der Waals surface area contributed by atoms with Gasteiger partial charge in [-0.05, 0) is 46.1 Å². The lowest BCUT2D eigenvalue weighted by atomic mass is 10.0. The van der Waals surface area contributed by atoms with Gasteiger partial charge < -0.3 is 0 Å². The summed E-state index contributed by atoms with van der Waals surface area (Å²) in [6.45, 7) is 8.61. The van der Waals surface area contributed by atoms with Gasteiger partial charge in [0.1, 0.15) is 3.70 Å². The fourth-order valence-corrected chi connectivity index (χ4v) is 2.78. The van der Waals surface area contributed by atoms with Crippen molar-refractivity contribution in [1.82, 2.24) is 15.0 Å². The quantitative estimate of drug-likeness (QED) is 0.391. The first-order valence-corrected chi connectivity index (χ1v) is 8.42. The van der Waals surface area contributed by atoms with Crippen molar-refractivity contribution >= 4 is 28.4 Å². The van der Waals surface area contributed by atoms with Gasteiger partial charge in [0.25, 0.3) is 0 Å². The van der Waals surface area contributed by atoms with Crippen LogP contribution < -0.4 is 0 Å². The highest BCUT2D eigenvalue weighted by atomic mass is 127. The first-order chi connectivity index (χ1) is 10.5. The normalized spacial score (nSPS) is 10.9. The molecule has 0 amide bonds. The average molecular weight is 409 g/mol. The van der Waals surface area contributed by atoms with Crippen LogP contribution in [0, 0.1) is 3.70 Å². The van der Waals surface area contributed by atoms with Gasteiger partial charge >= 0.3 is 0 Å². The van der Waals surface area contributed by atoms with E-state index in [9.17, 15) is 4.79 Å². The highest BCUT2D eigenvalue weighted by Gasteiger charge is 2.17. The second kappa shape index (κ2) is 7.67. The second-order valence-electron chi connectivity index (χ2n) is 5.53. The predicted molar refractivity (Wildman–Crippen MR) is 96.1 cm³/mol. The highest BCUT2D eigenvalue weighted by Crippen LogP contribution is 2.17. The maximum Gasteiger partial charge on any atom is 0.186 e. The molecule has 0 radical (unpaired) electrons. The van der Waals surface area contributed by atoms with Crippen LogP contribution >= 0.6 is 22.6 Å². The molecule has 0 unspecified atom stereocenters. The molecule has 0 aliphatic heterocycles. The number of carbonyl (C=O) groups excluding carboxylic acids is 1. The molecule has 2 aromatic rings. The number of aromatic nitrogens is 3. The lowest BCUT2D eigenvalue weighted by molar-refractivity contribution is 0.0978. The van der Waals surface area contributed by atoms with Crippen LogP contribution in [-0.2, 0) is 6.54 Å². The number of allylic oxidation sites excluding steroid dienone is 1. The first kappa shape index (κ1) is 16.9. The largest absolute Gasteiger partial charge is 0.292 e. The Bertz CT molecular complexity index is 659. The maximum atomic E-state index is 12.0. The number of Topliss-reactive ketones (excluding diaryl/α,β-unsaturated/α-hetero) is 1. The topological polar surface area (TPSA) is 47.8 Å². The lowest BCUT2D eigenvalue weighted by Gasteiger charge is -2.07. The minimum atomic E-state index is 0.0192. The lowest BCUT2D eigenvalue weighted by Crippen LogP contribution is -2.06. The molecule has 116 valence electrons. The Kier molecular flexibility index (Phi) is 5.88. The van der Waals surface area contributed by atoms with Crippen LogP contribution in [0.25, 0.3) is 0 Å². The molecule has 1 aromatic heterocycles. The monoisotopic (exact) mass is 409 g/mol. The maximum absolute atomic E-state index is 12.0. The molecule has 22 heavy (non-hydrogen) atoms. The zero-order valence-corrected chi connectivity index (χ0v) is 15.1.